The molecule has 86 valence electrons. The van der Waals surface area contributed by atoms with Crippen LogP contribution in [0, 0.1) is 6.92 Å². The molecular formula is C10H12N2O3S. The van der Waals surface area contributed by atoms with E-state index in [2.05, 4.69) is 5.10 Å². The predicted octanol–water partition coefficient (Wildman–Crippen LogP) is 1.16. The molecule has 0 aliphatic rings. The summed E-state index contributed by atoms with van der Waals surface area (Å²) in [5.74, 6) is 0.323. The maximum absolute atomic E-state index is 11.5. The third-order valence-electron chi connectivity index (χ3n) is 2.28. The van der Waals surface area contributed by atoms with Crippen molar-refractivity contribution in [3.8, 4) is 5.88 Å². The van der Waals surface area contributed by atoms with Crippen molar-refractivity contribution in [1.82, 2.24) is 9.19 Å². The fraction of sp³-hybridized carbons (Fsp3) is 0.300. The standard InChI is InChI=1S/C10H12N2O3S/c1-7-4-5-9-8(6-7)10(15-2)11-12(9)16(3,13)14/h4-6H,1-3H3. The summed E-state index contributed by atoms with van der Waals surface area (Å²) in [5.41, 5.74) is 1.56. The summed E-state index contributed by atoms with van der Waals surface area (Å²) in [6.07, 6.45) is 1.11. The summed E-state index contributed by atoms with van der Waals surface area (Å²) >= 11 is 0. The van der Waals surface area contributed by atoms with Crippen LogP contribution in [0.25, 0.3) is 10.9 Å². The van der Waals surface area contributed by atoms with Crippen molar-refractivity contribution in [2.45, 2.75) is 6.92 Å². The van der Waals surface area contributed by atoms with E-state index in [0.717, 1.165) is 15.9 Å². The Morgan fingerprint density at radius 1 is 1.38 bits per heavy atom. The minimum Gasteiger partial charge on any atom is -0.479 e. The van der Waals surface area contributed by atoms with Crippen LogP contribution in [0.2, 0.25) is 0 Å². The molecule has 0 aliphatic heterocycles. The lowest BCUT2D eigenvalue weighted by Gasteiger charge is -1.98. The molecule has 2 rings (SSSR count). The fourth-order valence-corrected chi connectivity index (χ4v) is 2.32. The van der Waals surface area contributed by atoms with Gasteiger partial charge in [0.05, 0.1) is 24.3 Å². The maximum atomic E-state index is 11.5. The Kier molecular flexibility index (Phi) is 2.38. The normalized spacial score (nSPS) is 11.9. The van der Waals surface area contributed by atoms with Crippen LogP contribution in [0.3, 0.4) is 0 Å². The number of nitrogens with zero attached hydrogens (tertiary/aromatic N) is 2. The summed E-state index contributed by atoms with van der Waals surface area (Å²) < 4.78 is 29.1. The second-order valence-corrected chi connectivity index (χ2v) is 5.45. The molecule has 0 aliphatic carbocycles. The van der Waals surface area contributed by atoms with Gasteiger partial charge in [-0.3, -0.25) is 0 Å². The van der Waals surface area contributed by atoms with Gasteiger partial charge in [0, 0.05) is 0 Å². The fourth-order valence-electron chi connectivity index (χ4n) is 1.58. The highest BCUT2D eigenvalue weighted by Gasteiger charge is 2.16. The van der Waals surface area contributed by atoms with E-state index >= 15 is 0 Å². The summed E-state index contributed by atoms with van der Waals surface area (Å²) in [5, 5.41) is 4.63. The van der Waals surface area contributed by atoms with Gasteiger partial charge in [0.25, 0.3) is 10.0 Å². The first-order chi connectivity index (χ1) is 7.43. The number of rotatable bonds is 2. The molecule has 0 N–H and O–H groups in total. The smallest absolute Gasteiger partial charge is 0.251 e. The highest BCUT2D eigenvalue weighted by Crippen LogP contribution is 2.26. The number of hydrogen-bond donors (Lipinski definition) is 0. The number of benzene rings is 1. The van der Waals surface area contributed by atoms with Gasteiger partial charge in [0.15, 0.2) is 0 Å². The van der Waals surface area contributed by atoms with Crippen molar-refractivity contribution in [3.05, 3.63) is 23.8 Å². The second kappa shape index (κ2) is 3.48. The minimum absolute atomic E-state index is 0.323. The van der Waals surface area contributed by atoms with Crippen molar-refractivity contribution in [3.63, 3.8) is 0 Å². The average molecular weight is 240 g/mol. The molecule has 0 unspecified atom stereocenters. The van der Waals surface area contributed by atoms with E-state index in [4.69, 9.17) is 4.74 Å². The molecule has 0 saturated carbocycles. The molecule has 1 heterocycles. The van der Waals surface area contributed by atoms with Crippen molar-refractivity contribution >= 4 is 20.9 Å². The van der Waals surface area contributed by atoms with Gasteiger partial charge in [0.2, 0.25) is 5.88 Å². The topological polar surface area (TPSA) is 61.2 Å². The molecule has 0 spiro atoms. The quantitative estimate of drug-likeness (QED) is 0.790. The van der Waals surface area contributed by atoms with Crippen LogP contribution in [0.5, 0.6) is 5.88 Å². The zero-order valence-corrected chi connectivity index (χ0v) is 10.1. The van der Waals surface area contributed by atoms with Crippen LogP contribution in [0.1, 0.15) is 5.56 Å². The van der Waals surface area contributed by atoms with Gasteiger partial charge in [0.1, 0.15) is 0 Å². The van der Waals surface area contributed by atoms with Crippen molar-refractivity contribution in [2.75, 3.05) is 13.4 Å². The SMILES string of the molecule is COc1nn(S(C)(=O)=O)c2ccc(C)cc12. The molecule has 0 fully saturated rings. The van der Waals surface area contributed by atoms with Crippen molar-refractivity contribution in [1.29, 1.82) is 0 Å². The van der Waals surface area contributed by atoms with E-state index in [9.17, 15) is 8.42 Å². The number of fused-ring (bicyclic) bond motifs is 1. The summed E-state index contributed by atoms with van der Waals surface area (Å²) in [6.45, 7) is 1.93. The van der Waals surface area contributed by atoms with E-state index < -0.39 is 10.0 Å². The van der Waals surface area contributed by atoms with Crippen molar-refractivity contribution in [2.24, 2.45) is 0 Å². The number of ether oxygens (including phenoxy) is 1. The molecule has 0 radical (unpaired) electrons. The van der Waals surface area contributed by atoms with Crippen LogP contribution in [0.4, 0.5) is 0 Å². The number of methoxy groups -OCH3 is 1. The highest BCUT2D eigenvalue weighted by atomic mass is 32.2. The first-order valence-electron chi connectivity index (χ1n) is 4.67. The van der Waals surface area contributed by atoms with E-state index in [-0.39, 0.29) is 0 Å². The summed E-state index contributed by atoms with van der Waals surface area (Å²) in [4.78, 5) is 0. The number of hydrogen-bond acceptors (Lipinski definition) is 4. The molecule has 0 saturated heterocycles. The molecule has 1 aromatic carbocycles. The molecule has 0 amide bonds. The zero-order chi connectivity index (χ0) is 11.9. The third-order valence-corrected chi connectivity index (χ3v) is 3.18. The largest absolute Gasteiger partial charge is 0.479 e. The van der Waals surface area contributed by atoms with Gasteiger partial charge in [-0.2, -0.15) is 4.09 Å². The molecule has 5 nitrogen and oxygen atoms in total. The first kappa shape index (κ1) is 10.9. The average Bonchev–Trinajstić information content (AvgIpc) is 2.55. The second-order valence-electron chi connectivity index (χ2n) is 3.64. The molecule has 2 aromatic rings. The van der Waals surface area contributed by atoms with Gasteiger partial charge in [-0.15, -0.1) is 5.10 Å². The van der Waals surface area contributed by atoms with Crippen LogP contribution in [-0.2, 0) is 10.0 Å². The highest BCUT2D eigenvalue weighted by molar-refractivity contribution is 7.89. The van der Waals surface area contributed by atoms with Crippen molar-refractivity contribution < 1.29 is 13.2 Å². The predicted molar refractivity (Wildman–Crippen MR) is 61.3 cm³/mol. The van der Waals surface area contributed by atoms with Crippen LogP contribution < -0.4 is 4.74 Å². The first-order valence-corrected chi connectivity index (χ1v) is 6.52. The van der Waals surface area contributed by atoms with Gasteiger partial charge < -0.3 is 4.74 Å². The summed E-state index contributed by atoms with van der Waals surface area (Å²) in [6, 6.07) is 5.41. The molecule has 0 atom stereocenters. The van der Waals surface area contributed by atoms with Crippen LogP contribution in [-0.4, -0.2) is 31.0 Å². The third kappa shape index (κ3) is 1.65. The van der Waals surface area contributed by atoms with Crippen LogP contribution >= 0.6 is 0 Å². The Hall–Kier alpha value is -1.56. The Morgan fingerprint density at radius 3 is 2.62 bits per heavy atom. The van der Waals surface area contributed by atoms with E-state index in [1.165, 1.54) is 7.11 Å². The van der Waals surface area contributed by atoms with Gasteiger partial charge in [-0.05, 0) is 19.1 Å². The van der Waals surface area contributed by atoms with Crippen LogP contribution in [0.15, 0.2) is 18.2 Å². The Labute approximate surface area is 93.7 Å². The summed E-state index contributed by atoms with van der Waals surface area (Å²) in [7, 11) is -1.94. The molecule has 0 bridgehead atoms. The Balaban J connectivity index is 2.89. The lowest BCUT2D eigenvalue weighted by Crippen LogP contribution is -2.11. The Morgan fingerprint density at radius 2 is 2.06 bits per heavy atom. The maximum Gasteiger partial charge on any atom is 0.251 e. The van der Waals surface area contributed by atoms with E-state index in [0.29, 0.717) is 16.8 Å². The van der Waals surface area contributed by atoms with Gasteiger partial charge >= 0.3 is 0 Å². The van der Waals surface area contributed by atoms with E-state index in [1.54, 1.807) is 6.07 Å². The minimum atomic E-state index is -3.41. The van der Waals surface area contributed by atoms with E-state index in [1.807, 2.05) is 19.1 Å². The van der Waals surface area contributed by atoms with Gasteiger partial charge in [-0.25, -0.2) is 8.42 Å². The Bertz CT molecular complexity index is 643. The molecule has 16 heavy (non-hydrogen) atoms. The van der Waals surface area contributed by atoms with Gasteiger partial charge in [-0.1, -0.05) is 11.6 Å². The number of aryl methyl sites for hydroxylation is 1. The monoisotopic (exact) mass is 240 g/mol. The number of aromatic nitrogens is 2. The zero-order valence-electron chi connectivity index (χ0n) is 9.26. The lowest BCUT2D eigenvalue weighted by atomic mass is 10.2. The molecular weight excluding hydrogens is 228 g/mol. The molecule has 1 aromatic heterocycles. The lowest BCUT2D eigenvalue weighted by molar-refractivity contribution is 0.399. The molecule has 6 heteroatoms.